The van der Waals surface area contributed by atoms with E-state index in [1.54, 1.807) is 5.48 Å². The summed E-state index contributed by atoms with van der Waals surface area (Å²) in [6.07, 6.45) is 3.98. The van der Waals surface area contributed by atoms with Crippen LogP contribution in [0.3, 0.4) is 0 Å². The minimum Gasteiger partial charge on any atom is -0.460 e. The summed E-state index contributed by atoms with van der Waals surface area (Å²) >= 11 is 0. The number of rotatable bonds is 4. The number of carbonyl (C=O) groups excluding carboxylic acids is 1. The molecular formula is C20H22ClN5O3. The van der Waals surface area contributed by atoms with Crippen LogP contribution >= 0.6 is 12.4 Å². The highest BCUT2D eigenvalue weighted by molar-refractivity contribution is 5.92. The molecule has 9 heteroatoms. The van der Waals surface area contributed by atoms with Crippen LogP contribution in [0.25, 0.3) is 11.0 Å². The maximum absolute atomic E-state index is 11.4. The van der Waals surface area contributed by atoms with E-state index in [-0.39, 0.29) is 23.4 Å². The van der Waals surface area contributed by atoms with E-state index < -0.39 is 5.91 Å². The number of para-hydroxylation sites is 1. The van der Waals surface area contributed by atoms with Gasteiger partial charge in [-0.2, -0.15) is 0 Å². The fourth-order valence-electron chi connectivity index (χ4n) is 4.38. The van der Waals surface area contributed by atoms with Crippen LogP contribution in [0.1, 0.15) is 22.5 Å². The predicted molar refractivity (Wildman–Crippen MR) is 109 cm³/mol. The molecule has 152 valence electrons. The topological polar surface area (TPSA) is 94.7 Å². The van der Waals surface area contributed by atoms with Gasteiger partial charge in [-0.15, -0.1) is 12.4 Å². The maximum atomic E-state index is 11.4. The van der Waals surface area contributed by atoms with Crippen molar-refractivity contribution in [3.05, 3.63) is 54.0 Å². The van der Waals surface area contributed by atoms with Gasteiger partial charge < -0.3 is 9.32 Å². The molecular weight excluding hydrogens is 394 g/mol. The van der Waals surface area contributed by atoms with Crippen LogP contribution in [0.15, 0.2) is 47.1 Å². The number of hydrogen-bond donors (Lipinski definition) is 2. The van der Waals surface area contributed by atoms with Gasteiger partial charge >= 0.3 is 0 Å². The van der Waals surface area contributed by atoms with Gasteiger partial charge in [-0.1, -0.05) is 18.2 Å². The van der Waals surface area contributed by atoms with Crippen LogP contribution in [0.2, 0.25) is 0 Å². The van der Waals surface area contributed by atoms with Gasteiger partial charge in [-0.25, -0.2) is 15.4 Å². The summed E-state index contributed by atoms with van der Waals surface area (Å²) in [7, 11) is 0. The molecule has 3 aromatic rings. The lowest BCUT2D eigenvalue weighted by Gasteiger charge is -2.47. The third-order valence-electron chi connectivity index (χ3n) is 5.70. The molecule has 29 heavy (non-hydrogen) atoms. The lowest BCUT2D eigenvalue weighted by molar-refractivity contribution is 0.00727. The summed E-state index contributed by atoms with van der Waals surface area (Å²) in [5.41, 5.74) is 3.04. The summed E-state index contributed by atoms with van der Waals surface area (Å²) < 4.78 is 5.93. The number of aromatic nitrogens is 2. The van der Waals surface area contributed by atoms with Crippen molar-refractivity contribution in [3.8, 4) is 0 Å². The van der Waals surface area contributed by atoms with Gasteiger partial charge in [0.2, 0.25) is 5.95 Å². The van der Waals surface area contributed by atoms with E-state index in [1.807, 2.05) is 18.2 Å². The largest absolute Gasteiger partial charge is 0.460 e. The standard InChI is InChI=1S/C20H21N5O3.ClH/c26-18(23-27)15-8-21-19(22-9-15)25-6-5-20(13-25)11-24(12-20)10-16-7-14-3-1-2-4-17(14)28-16;/h1-4,7-9,27H,5-6,10-13H2,(H,23,26);1H. The summed E-state index contributed by atoms with van der Waals surface area (Å²) in [5.74, 6) is 1.03. The third-order valence-corrected chi connectivity index (χ3v) is 5.70. The number of nitrogens with one attached hydrogen (secondary N) is 1. The first-order valence-electron chi connectivity index (χ1n) is 9.35. The van der Waals surface area contributed by atoms with Crippen LogP contribution in [0.4, 0.5) is 5.95 Å². The number of hydrogen-bond acceptors (Lipinski definition) is 7. The monoisotopic (exact) mass is 415 g/mol. The Morgan fingerprint density at radius 3 is 2.69 bits per heavy atom. The Kier molecular flexibility index (Phi) is 5.16. The molecule has 2 aliphatic heterocycles. The first-order valence-corrected chi connectivity index (χ1v) is 9.35. The molecule has 1 aromatic carbocycles. The molecule has 0 unspecified atom stereocenters. The number of fused-ring (bicyclic) bond motifs is 1. The first kappa shape index (κ1) is 19.6. The van der Waals surface area contributed by atoms with Gasteiger partial charge in [0, 0.05) is 49.4 Å². The average Bonchev–Trinajstić information content (AvgIpc) is 3.31. The number of nitrogens with zero attached hydrogens (tertiary/aromatic N) is 4. The smallest absolute Gasteiger partial charge is 0.277 e. The number of benzene rings is 1. The molecule has 0 saturated carbocycles. The summed E-state index contributed by atoms with van der Waals surface area (Å²) in [5, 5.41) is 9.82. The number of hydroxylamine groups is 1. The highest BCUT2D eigenvalue weighted by Gasteiger charge is 2.48. The first-order chi connectivity index (χ1) is 13.6. The van der Waals surface area contributed by atoms with Crippen molar-refractivity contribution in [1.29, 1.82) is 0 Å². The summed E-state index contributed by atoms with van der Waals surface area (Å²) in [6.45, 7) is 4.72. The molecule has 0 radical (unpaired) electrons. The molecule has 2 N–H and O–H groups in total. The average molecular weight is 416 g/mol. The van der Waals surface area contributed by atoms with Gasteiger partial charge in [0.15, 0.2) is 0 Å². The molecule has 0 atom stereocenters. The Bertz CT molecular complexity index is 983. The minimum atomic E-state index is -0.607. The molecule has 2 aliphatic rings. The number of halogens is 1. The van der Waals surface area contributed by atoms with Crippen LogP contribution in [-0.4, -0.2) is 52.2 Å². The molecule has 1 spiro atoms. The Balaban J connectivity index is 0.00000205. The van der Waals surface area contributed by atoms with Crippen molar-refractivity contribution >= 4 is 35.2 Å². The summed E-state index contributed by atoms with van der Waals surface area (Å²) in [6, 6.07) is 10.2. The van der Waals surface area contributed by atoms with Gasteiger partial charge in [0.05, 0.1) is 12.1 Å². The van der Waals surface area contributed by atoms with Crippen LogP contribution in [-0.2, 0) is 6.54 Å². The van der Waals surface area contributed by atoms with E-state index >= 15 is 0 Å². The molecule has 1 amide bonds. The zero-order chi connectivity index (χ0) is 19.1. The van der Waals surface area contributed by atoms with E-state index in [9.17, 15) is 4.79 Å². The maximum Gasteiger partial charge on any atom is 0.277 e. The SMILES string of the molecule is Cl.O=C(NO)c1cnc(N2CCC3(CN(Cc4cc5ccccc5o4)C3)C2)nc1. The minimum absolute atomic E-state index is 0. The van der Waals surface area contributed by atoms with E-state index in [0.29, 0.717) is 5.95 Å². The molecule has 5 rings (SSSR count). The van der Waals surface area contributed by atoms with Gasteiger partial charge in [0.25, 0.3) is 5.91 Å². The second kappa shape index (κ2) is 7.62. The fraction of sp³-hybridized carbons (Fsp3) is 0.350. The Morgan fingerprint density at radius 1 is 1.21 bits per heavy atom. The molecule has 2 aromatic heterocycles. The van der Waals surface area contributed by atoms with Crippen molar-refractivity contribution < 1.29 is 14.4 Å². The second-order valence-electron chi connectivity index (χ2n) is 7.78. The number of anilines is 1. The Morgan fingerprint density at radius 2 is 1.97 bits per heavy atom. The van der Waals surface area contributed by atoms with E-state index in [0.717, 1.165) is 55.9 Å². The molecule has 4 heterocycles. The summed E-state index contributed by atoms with van der Waals surface area (Å²) in [4.78, 5) is 24.5. The van der Waals surface area contributed by atoms with E-state index in [4.69, 9.17) is 9.62 Å². The third kappa shape index (κ3) is 3.66. The molecule has 0 bridgehead atoms. The van der Waals surface area contributed by atoms with Crippen molar-refractivity contribution in [3.63, 3.8) is 0 Å². The molecule has 8 nitrogen and oxygen atoms in total. The van der Waals surface area contributed by atoms with Crippen molar-refractivity contribution in [1.82, 2.24) is 20.3 Å². The van der Waals surface area contributed by atoms with E-state index in [2.05, 4.69) is 31.9 Å². The highest BCUT2D eigenvalue weighted by atomic mass is 35.5. The molecule has 2 saturated heterocycles. The Labute approximate surface area is 173 Å². The van der Waals surface area contributed by atoms with Crippen LogP contribution in [0.5, 0.6) is 0 Å². The number of likely N-dealkylation sites (tertiary alicyclic amines) is 1. The highest BCUT2D eigenvalue weighted by Crippen LogP contribution is 2.41. The van der Waals surface area contributed by atoms with Gasteiger partial charge in [0.1, 0.15) is 11.3 Å². The van der Waals surface area contributed by atoms with E-state index in [1.165, 1.54) is 12.4 Å². The zero-order valence-electron chi connectivity index (χ0n) is 15.7. The normalized spacial score (nSPS) is 17.9. The quantitative estimate of drug-likeness (QED) is 0.499. The molecule has 0 aliphatic carbocycles. The van der Waals surface area contributed by atoms with Gasteiger partial charge in [-0.3, -0.25) is 14.9 Å². The fourth-order valence-corrected chi connectivity index (χ4v) is 4.38. The zero-order valence-corrected chi connectivity index (χ0v) is 16.6. The van der Waals surface area contributed by atoms with Crippen LogP contribution in [0, 0.1) is 5.41 Å². The lowest BCUT2D eigenvalue weighted by atomic mass is 9.79. The number of amides is 1. The predicted octanol–water partition coefficient (Wildman–Crippen LogP) is 2.48. The Hall–Kier alpha value is -2.68. The van der Waals surface area contributed by atoms with Crippen molar-refractivity contribution in [2.45, 2.75) is 13.0 Å². The number of furan rings is 1. The van der Waals surface area contributed by atoms with Crippen LogP contribution < -0.4 is 10.4 Å². The number of carbonyl (C=O) groups is 1. The molecule has 2 fully saturated rings. The second-order valence-corrected chi connectivity index (χ2v) is 7.78. The van der Waals surface area contributed by atoms with Crippen molar-refractivity contribution in [2.24, 2.45) is 5.41 Å². The van der Waals surface area contributed by atoms with Crippen molar-refractivity contribution in [2.75, 3.05) is 31.1 Å². The van der Waals surface area contributed by atoms with Gasteiger partial charge in [-0.05, 0) is 18.6 Å². The lowest BCUT2D eigenvalue weighted by Crippen LogP contribution is -2.56.